The highest BCUT2D eigenvalue weighted by molar-refractivity contribution is 9.10. The highest BCUT2D eigenvalue weighted by Crippen LogP contribution is 2.15. The highest BCUT2D eigenvalue weighted by Gasteiger charge is 2.22. The van der Waals surface area contributed by atoms with Crippen LogP contribution in [0.15, 0.2) is 12.2 Å². The van der Waals surface area contributed by atoms with Gasteiger partial charge in [0.25, 0.3) is 0 Å². The second-order valence-corrected chi connectivity index (χ2v) is 6.33. The molecule has 0 aromatic heterocycles. The summed E-state index contributed by atoms with van der Waals surface area (Å²) in [5.41, 5.74) is 0.402. The molecule has 0 aromatic carbocycles. The zero-order valence-corrected chi connectivity index (χ0v) is 12.2. The van der Waals surface area contributed by atoms with Crippen LogP contribution < -0.4 is 5.32 Å². The van der Waals surface area contributed by atoms with Gasteiger partial charge in [-0.3, -0.25) is 4.79 Å². The lowest BCUT2D eigenvalue weighted by atomic mass is 10.2. The Bertz CT molecular complexity index is 295. The van der Waals surface area contributed by atoms with E-state index in [0.717, 1.165) is 12.8 Å². The summed E-state index contributed by atoms with van der Waals surface area (Å²) in [6, 6.07) is 0. The van der Waals surface area contributed by atoms with Gasteiger partial charge in [0.2, 0.25) is 5.91 Å². The van der Waals surface area contributed by atoms with Crippen molar-refractivity contribution < 1.29 is 14.3 Å². The number of carbonyl (C=O) groups excluding carboxylic acids is 2. The smallest absolute Gasteiger partial charge is 0.333 e. The van der Waals surface area contributed by atoms with Crippen LogP contribution >= 0.6 is 15.9 Å². The number of nitrogens with one attached hydrogen (secondary N) is 1. The Kier molecular flexibility index (Phi) is 7.11. The fraction of sp³-hybridized carbons (Fsp3) is 0.667. The predicted molar refractivity (Wildman–Crippen MR) is 71.0 cm³/mol. The SMILES string of the molecule is C=C(C)C(=O)OCCCCNC(=O)C(C)(C)Br. The molecule has 1 N–H and O–H groups in total. The first-order valence-electron chi connectivity index (χ1n) is 5.55. The zero-order valence-electron chi connectivity index (χ0n) is 10.6. The number of ether oxygens (including phenoxy) is 1. The van der Waals surface area contributed by atoms with E-state index in [9.17, 15) is 9.59 Å². The van der Waals surface area contributed by atoms with Gasteiger partial charge in [0.05, 0.1) is 10.9 Å². The first-order valence-corrected chi connectivity index (χ1v) is 6.34. The van der Waals surface area contributed by atoms with Crippen molar-refractivity contribution in [3.05, 3.63) is 12.2 Å². The fourth-order valence-electron chi connectivity index (χ4n) is 0.927. The van der Waals surface area contributed by atoms with Crippen molar-refractivity contribution in [2.45, 2.75) is 37.9 Å². The number of alkyl halides is 1. The van der Waals surface area contributed by atoms with Gasteiger partial charge < -0.3 is 10.1 Å². The molecule has 0 unspecified atom stereocenters. The van der Waals surface area contributed by atoms with Crippen LogP contribution in [-0.2, 0) is 14.3 Å². The maximum atomic E-state index is 11.4. The van der Waals surface area contributed by atoms with Crippen molar-refractivity contribution in [1.82, 2.24) is 5.32 Å². The first kappa shape index (κ1) is 16.2. The average molecular weight is 306 g/mol. The zero-order chi connectivity index (χ0) is 13.5. The quantitative estimate of drug-likeness (QED) is 0.339. The number of amides is 1. The second-order valence-electron chi connectivity index (χ2n) is 4.35. The van der Waals surface area contributed by atoms with E-state index in [-0.39, 0.29) is 11.9 Å². The minimum absolute atomic E-state index is 0.0450. The normalized spacial score (nSPS) is 10.8. The number of esters is 1. The number of hydrogen-bond donors (Lipinski definition) is 1. The summed E-state index contributed by atoms with van der Waals surface area (Å²) < 4.78 is 4.38. The maximum absolute atomic E-state index is 11.4. The van der Waals surface area contributed by atoms with Crippen LogP contribution in [0, 0.1) is 0 Å². The van der Waals surface area contributed by atoms with Gasteiger partial charge in [0.1, 0.15) is 0 Å². The molecule has 0 radical (unpaired) electrons. The summed E-state index contributed by atoms with van der Waals surface area (Å²) >= 11 is 3.27. The predicted octanol–water partition coefficient (Wildman–Crippen LogP) is 2.18. The lowest BCUT2D eigenvalue weighted by molar-refractivity contribution is -0.139. The summed E-state index contributed by atoms with van der Waals surface area (Å²) in [5.74, 6) is -0.410. The Morgan fingerprint density at radius 1 is 1.35 bits per heavy atom. The molecule has 98 valence electrons. The number of carbonyl (C=O) groups is 2. The number of halogens is 1. The summed E-state index contributed by atoms with van der Waals surface area (Å²) in [6.45, 7) is 9.61. The molecule has 0 fully saturated rings. The van der Waals surface area contributed by atoms with Crippen LogP contribution in [0.5, 0.6) is 0 Å². The van der Waals surface area contributed by atoms with E-state index in [1.807, 2.05) is 0 Å². The Labute approximate surface area is 111 Å². The first-order chi connectivity index (χ1) is 7.75. The topological polar surface area (TPSA) is 55.4 Å². The third kappa shape index (κ3) is 7.96. The minimum Gasteiger partial charge on any atom is -0.462 e. The van der Waals surface area contributed by atoms with Crippen LogP contribution in [0.25, 0.3) is 0 Å². The Morgan fingerprint density at radius 2 is 1.94 bits per heavy atom. The van der Waals surface area contributed by atoms with Gasteiger partial charge in [-0.15, -0.1) is 0 Å². The van der Waals surface area contributed by atoms with E-state index in [2.05, 4.69) is 27.8 Å². The summed E-state index contributed by atoms with van der Waals surface area (Å²) in [5, 5.41) is 2.79. The van der Waals surface area contributed by atoms with Crippen LogP contribution in [0.4, 0.5) is 0 Å². The largest absolute Gasteiger partial charge is 0.462 e. The van der Waals surface area contributed by atoms with E-state index in [4.69, 9.17) is 4.74 Å². The molecule has 4 nitrogen and oxygen atoms in total. The molecule has 0 aliphatic carbocycles. The van der Waals surface area contributed by atoms with Crippen LogP contribution in [0.2, 0.25) is 0 Å². The van der Waals surface area contributed by atoms with Crippen molar-refractivity contribution in [3.8, 4) is 0 Å². The number of unbranched alkanes of at least 4 members (excludes halogenated alkanes) is 1. The molecule has 0 saturated carbocycles. The molecule has 0 aliphatic heterocycles. The molecular formula is C12H20BrNO3. The lowest BCUT2D eigenvalue weighted by Gasteiger charge is -2.15. The van der Waals surface area contributed by atoms with E-state index in [1.54, 1.807) is 20.8 Å². The third-order valence-electron chi connectivity index (χ3n) is 1.98. The van der Waals surface area contributed by atoms with Crippen LogP contribution in [-0.4, -0.2) is 29.4 Å². The van der Waals surface area contributed by atoms with Gasteiger partial charge in [-0.05, 0) is 33.6 Å². The molecule has 0 bridgehead atoms. The van der Waals surface area contributed by atoms with E-state index < -0.39 is 4.32 Å². The van der Waals surface area contributed by atoms with Crippen molar-refractivity contribution >= 4 is 27.8 Å². The Balaban J connectivity index is 3.51. The molecule has 17 heavy (non-hydrogen) atoms. The summed E-state index contributed by atoms with van der Waals surface area (Å²) in [4.78, 5) is 22.5. The Morgan fingerprint density at radius 3 is 2.41 bits per heavy atom. The van der Waals surface area contributed by atoms with Crippen LogP contribution in [0.1, 0.15) is 33.6 Å². The lowest BCUT2D eigenvalue weighted by Crippen LogP contribution is -2.38. The van der Waals surface area contributed by atoms with Crippen molar-refractivity contribution in [2.75, 3.05) is 13.2 Å². The van der Waals surface area contributed by atoms with Crippen molar-refractivity contribution in [2.24, 2.45) is 0 Å². The molecule has 1 amide bonds. The van der Waals surface area contributed by atoms with Gasteiger partial charge in [0.15, 0.2) is 0 Å². The highest BCUT2D eigenvalue weighted by atomic mass is 79.9. The summed E-state index contributed by atoms with van der Waals surface area (Å²) in [6.07, 6.45) is 1.50. The molecule has 0 rings (SSSR count). The van der Waals surface area contributed by atoms with Gasteiger partial charge in [-0.1, -0.05) is 22.5 Å². The minimum atomic E-state index is -0.542. The second kappa shape index (κ2) is 7.48. The van der Waals surface area contributed by atoms with Crippen LogP contribution in [0.3, 0.4) is 0 Å². The van der Waals surface area contributed by atoms with E-state index >= 15 is 0 Å². The molecule has 0 atom stereocenters. The average Bonchev–Trinajstić information content (AvgIpc) is 2.20. The third-order valence-corrected chi connectivity index (χ3v) is 2.34. The fourth-order valence-corrected chi connectivity index (χ4v) is 1.07. The molecular weight excluding hydrogens is 286 g/mol. The molecule has 0 aliphatic rings. The molecule has 5 heteroatoms. The van der Waals surface area contributed by atoms with Gasteiger partial charge in [0, 0.05) is 12.1 Å². The van der Waals surface area contributed by atoms with Crippen molar-refractivity contribution in [1.29, 1.82) is 0 Å². The van der Waals surface area contributed by atoms with E-state index in [1.165, 1.54) is 0 Å². The van der Waals surface area contributed by atoms with E-state index in [0.29, 0.717) is 18.7 Å². The van der Waals surface area contributed by atoms with Crippen molar-refractivity contribution in [3.63, 3.8) is 0 Å². The Hall–Kier alpha value is -0.840. The molecule has 0 aromatic rings. The maximum Gasteiger partial charge on any atom is 0.333 e. The van der Waals surface area contributed by atoms with Gasteiger partial charge in [-0.2, -0.15) is 0 Å². The molecule has 0 spiro atoms. The number of hydrogen-bond acceptors (Lipinski definition) is 3. The standard InChI is InChI=1S/C12H20BrNO3/c1-9(2)10(15)17-8-6-5-7-14-11(16)12(3,4)13/h1,5-8H2,2-4H3,(H,14,16). The summed E-state index contributed by atoms with van der Waals surface area (Å²) in [7, 11) is 0. The number of rotatable bonds is 7. The molecule has 0 heterocycles. The monoisotopic (exact) mass is 305 g/mol. The molecule has 0 saturated heterocycles. The van der Waals surface area contributed by atoms with Gasteiger partial charge in [-0.25, -0.2) is 4.79 Å². The van der Waals surface area contributed by atoms with Gasteiger partial charge >= 0.3 is 5.97 Å².